The minimum atomic E-state index is -0.186. The summed E-state index contributed by atoms with van der Waals surface area (Å²) in [6.07, 6.45) is 2.72. The Hall–Kier alpha value is -1.59. The fraction of sp³-hybridized carbons (Fsp3) is 0.333. The number of thiophene rings is 1. The SMILES string of the molecule is CCCNc1ccc(C(=O)NC(C)c2ccc(Cl)s2)nc1. The number of halogens is 1. The minimum absolute atomic E-state index is 0.0882. The predicted octanol–water partition coefficient (Wildman–Crippen LogP) is 4.11. The third-order valence-electron chi connectivity index (χ3n) is 2.94. The van der Waals surface area contributed by atoms with E-state index >= 15 is 0 Å². The lowest BCUT2D eigenvalue weighted by molar-refractivity contribution is 0.0935. The molecule has 6 heteroatoms. The molecule has 112 valence electrons. The average molecular weight is 324 g/mol. The average Bonchev–Trinajstić information content (AvgIpc) is 2.92. The highest BCUT2D eigenvalue weighted by molar-refractivity contribution is 7.16. The molecule has 2 aromatic heterocycles. The van der Waals surface area contributed by atoms with E-state index in [2.05, 4.69) is 22.5 Å². The molecule has 0 aliphatic heterocycles. The van der Waals surface area contributed by atoms with Crippen LogP contribution in [-0.4, -0.2) is 17.4 Å². The third kappa shape index (κ3) is 4.44. The molecule has 2 aromatic rings. The lowest BCUT2D eigenvalue weighted by atomic mass is 10.2. The second-order valence-corrected chi connectivity index (χ2v) is 6.44. The van der Waals surface area contributed by atoms with Crippen molar-refractivity contribution in [3.63, 3.8) is 0 Å². The normalized spacial score (nSPS) is 12.0. The first kappa shape index (κ1) is 15.8. The predicted molar refractivity (Wildman–Crippen MR) is 88.2 cm³/mol. The zero-order chi connectivity index (χ0) is 15.2. The van der Waals surface area contributed by atoms with Gasteiger partial charge in [0.25, 0.3) is 5.91 Å². The van der Waals surface area contributed by atoms with E-state index < -0.39 is 0 Å². The van der Waals surface area contributed by atoms with Crippen molar-refractivity contribution in [2.45, 2.75) is 26.3 Å². The third-order valence-corrected chi connectivity index (χ3v) is 4.36. The van der Waals surface area contributed by atoms with Gasteiger partial charge in [-0.25, -0.2) is 4.98 Å². The topological polar surface area (TPSA) is 54.0 Å². The molecule has 2 N–H and O–H groups in total. The molecule has 0 spiro atoms. The Morgan fingerprint density at radius 3 is 2.76 bits per heavy atom. The van der Waals surface area contributed by atoms with E-state index in [1.54, 1.807) is 12.3 Å². The summed E-state index contributed by atoms with van der Waals surface area (Å²) in [6.45, 7) is 4.92. The van der Waals surface area contributed by atoms with Crippen LogP contribution in [0.4, 0.5) is 5.69 Å². The molecule has 0 aromatic carbocycles. The molecule has 2 rings (SSSR count). The highest BCUT2D eigenvalue weighted by Crippen LogP contribution is 2.26. The summed E-state index contributed by atoms with van der Waals surface area (Å²) in [7, 11) is 0. The molecule has 1 atom stereocenters. The maximum Gasteiger partial charge on any atom is 0.270 e. The first-order valence-corrected chi connectivity index (χ1v) is 8.05. The van der Waals surface area contributed by atoms with Crippen LogP contribution < -0.4 is 10.6 Å². The number of amides is 1. The first-order chi connectivity index (χ1) is 10.1. The summed E-state index contributed by atoms with van der Waals surface area (Å²) >= 11 is 7.37. The van der Waals surface area contributed by atoms with Crippen LogP contribution in [0.1, 0.15) is 41.7 Å². The van der Waals surface area contributed by atoms with Gasteiger partial charge in [0.05, 0.1) is 22.3 Å². The van der Waals surface area contributed by atoms with Gasteiger partial charge in [-0.1, -0.05) is 18.5 Å². The lowest BCUT2D eigenvalue weighted by Gasteiger charge is -2.12. The minimum Gasteiger partial charge on any atom is -0.384 e. The molecule has 0 aliphatic carbocycles. The smallest absolute Gasteiger partial charge is 0.270 e. The monoisotopic (exact) mass is 323 g/mol. The van der Waals surface area contributed by atoms with E-state index in [9.17, 15) is 4.79 Å². The Bertz CT molecular complexity index is 597. The largest absolute Gasteiger partial charge is 0.384 e. The molecule has 0 radical (unpaired) electrons. The van der Waals surface area contributed by atoms with Crippen LogP contribution in [0, 0.1) is 0 Å². The van der Waals surface area contributed by atoms with Crippen molar-refractivity contribution >= 4 is 34.5 Å². The molecule has 0 fully saturated rings. The number of pyridine rings is 1. The molecule has 1 unspecified atom stereocenters. The number of carbonyl (C=O) groups excluding carboxylic acids is 1. The zero-order valence-corrected chi connectivity index (χ0v) is 13.6. The number of nitrogens with zero attached hydrogens (tertiary/aromatic N) is 1. The number of aromatic nitrogens is 1. The Kier molecular flexibility index (Phi) is 5.59. The van der Waals surface area contributed by atoms with Crippen molar-refractivity contribution in [1.82, 2.24) is 10.3 Å². The summed E-state index contributed by atoms with van der Waals surface area (Å²) in [6, 6.07) is 7.25. The molecule has 0 aliphatic rings. The Balaban J connectivity index is 1.96. The summed E-state index contributed by atoms with van der Waals surface area (Å²) in [5.41, 5.74) is 1.33. The molecule has 21 heavy (non-hydrogen) atoms. The van der Waals surface area contributed by atoms with Crippen molar-refractivity contribution in [2.75, 3.05) is 11.9 Å². The standard InChI is InChI=1S/C15H18ClN3OS/c1-3-8-17-11-4-5-12(18-9-11)15(20)19-10(2)13-6-7-14(16)21-13/h4-7,9-10,17H,3,8H2,1-2H3,(H,19,20). The molecular formula is C15H18ClN3OS. The van der Waals surface area contributed by atoms with Gasteiger partial charge < -0.3 is 10.6 Å². The quantitative estimate of drug-likeness (QED) is 0.841. The van der Waals surface area contributed by atoms with Crippen LogP contribution in [0.5, 0.6) is 0 Å². The second-order valence-electron chi connectivity index (χ2n) is 4.70. The summed E-state index contributed by atoms with van der Waals surface area (Å²) in [5.74, 6) is -0.186. The lowest BCUT2D eigenvalue weighted by Crippen LogP contribution is -2.26. The maximum absolute atomic E-state index is 12.1. The molecular weight excluding hydrogens is 306 g/mol. The van der Waals surface area contributed by atoms with Crippen LogP contribution in [0.3, 0.4) is 0 Å². The Labute approximate surface area is 133 Å². The maximum atomic E-state index is 12.1. The number of hydrogen-bond donors (Lipinski definition) is 2. The van der Waals surface area contributed by atoms with E-state index in [0.717, 1.165) is 27.9 Å². The van der Waals surface area contributed by atoms with Crippen LogP contribution in [0.15, 0.2) is 30.5 Å². The summed E-state index contributed by atoms with van der Waals surface area (Å²) < 4.78 is 0.718. The molecule has 0 saturated heterocycles. The number of rotatable bonds is 6. The van der Waals surface area contributed by atoms with Gasteiger partial charge in [-0.15, -0.1) is 11.3 Å². The van der Waals surface area contributed by atoms with Crippen molar-refractivity contribution in [1.29, 1.82) is 0 Å². The summed E-state index contributed by atoms with van der Waals surface area (Å²) in [5, 5.41) is 6.14. The van der Waals surface area contributed by atoms with Crippen LogP contribution in [0.2, 0.25) is 4.34 Å². The van der Waals surface area contributed by atoms with E-state index in [4.69, 9.17) is 11.6 Å². The number of nitrogens with one attached hydrogen (secondary N) is 2. The van der Waals surface area contributed by atoms with Gasteiger partial charge in [0, 0.05) is 11.4 Å². The second kappa shape index (κ2) is 7.43. The van der Waals surface area contributed by atoms with Gasteiger partial charge in [0.15, 0.2) is 0 Å². The van der Waals surface area contributed by atoms with Crippen molar-refractivity contribution in [2.24, 2.45) is 0 Å². The molecule has 0 bridgehead atoms. The molecule has 4 nitrogen and oxygen atoms in total. The van der Waals surface area contributed by atoms with Gasteiger partial charge in [-0.3, -0.25) is 4.79 Å². The van der Waals surface area contributed by atoms with Crippen LogP contribution >= 0.6 is 22.9 Å². The van der Waals surface area contributed by atoms with E-state index in [0.29, 0.717) is 5.69 Å². The fourth-order valence-electron chi connectivity index (χ4n) is 1.80. The Morgan fingerprint density at radius 1 is 1.38 bits per heavy atom. The van der Waals surface area contributed by atoms with E-state index in [-0.39, 0.29) is 11.9 Å². The summed E-state index contributed by atoms with van der Waals surface area (Å²) in [4.78, 5) is 17.3. The zero-order valence-electron chi connectivity index (χ0n) is 12.0. The van der Waals surface area contributed by atoms with Crippen molar-refractivity contribution in [3.05, 3.63) is 45.4 Å². The fourth-order valence-corrected chi connectivity index (χ4v) is 2.87. The number of carbonyl (C=O) groups is 1. The molecule has 0 saturated carbocycles. The molecule has 1 amide bonds. The van der Waals surface area contributed by atoms with Crippen molar-refractivity contribution in [3.8, 4) is 0 Å². The highest BCUT2D eigenvalue weighted by Gasteiger charge is 2.14. The Morgan fingerprint density at radius 2 is 2.19 bits per heavy atom. The number of anilines is 1. The van der Waals surface area contributed by atoms with E-state index in [1.165, 1.54) is 11.3 Å². The van der Waals surface area contributed by atoms with Gasteiger partial charge in [-0.05, 0) is 37.6 Å². The first-order valence-electron chi connectivity index (χ1n) is 6.86. The van der Waals surface area contributed by atoms with Gasteiger partial charge in [0.1, 0.15) is 5.69 Å². The number of hydrogen-bond acceptors (Lipinski definition) is 4. The molecule has 2 heterocycles. The van der Waals surface area contributed by atoms with Crippen molar-refractivity contribution < 1.29 is 4.79 Å². The van der Waals surface area contributed by atoms with Gasteiger partial charge in [-0.2, -0.15) is 0 Å². The van der Waals surface area contributed by atoms with Crippen LogP contribution in [-0.2, 0) is 0 Å². The van der Waals surface area contributed by atoms with Gasteiger partial charge in [0.2, 0.25) is 0 Å². The van der Waals surface area contributed by atoms with Gasteiger partial charge >= 0.3 is 0 Å². The van der Waals surface area contributed by atoms with E-state index in [1.807, 2.05) is 25.1 Å². The van der Waals surface area contributed by atoms with Crippen LogP contribution in [0.25, 0.3) is 0 Å². The highest BCUT2D eigenvalue weighted by atomic mass is 35.5.